The normalized spacial score (nSPS) is 11.7. The number of alkyl halides is 3. The van der Waals surface area contributed by atoms with Crippen molar-refractivity contribution >= 4 is 17.0 Å². The van der Waals surface area contributed by atoms with Gasteiger partial charge in [0, 0.05) is 5.56 Å². The van der Waals surface area contributed by atoms with Gasteiger partial charge in [0.2, 0.25) is 11.8 Å². The van der Waals surface area contributed by atoms with Crippen LogP contribution in [-0.4, -0.2) is 21.6 Å². The Morgan fingerprint density at radius 2 is 1.88 bits per heavy atom. The Bertz CT molecular complexity index is 896. The summed E-state index contributed by atoms with van der Waals surface area (Å²) in [5.41, 5.74) is 6.39. The zero-order valence-electron chi connectivity index (χ0n) is 12.6. The first kappa shape index (κ1) is 16.0. The van der Waals surface area contributed by atoms with Crippen molar-refractivity contribution in [2.24, 2.45) is 0 Å². The van der Waals surface area contributed by atoms with Gasteiger partial charge in [-0.1, -0.05) is 12.1 Å². The van der Waals surface area contributed by atoms with Crippen LogP contribution in [0.2, 0.25) is 0 Å². The maximum atomic E-state index is 12.9. The highest BCUT2D eigenvalue weighted by Gasteiger charge is 2.30. The Kier molecular flexibility index (Phi) is 3.96. The highest BCUT2D eigenvalue weighted by atomic mass is 19.4. The summed E-state index contributed by atoms with van der Waals surface area (Å²) in [5.74, 6) is 0.244. The molecule has 0 saturated heterocycles. The first-order valence-corrected chi connectivity index (χ1v) is 7.13. The van der Waals surface area contributed by atoms with Crippen molar-refractivity contribution in [2.45, 2.75) is 13.1 Å². The predicted octanol–water partition coefficient (Wildman–Crippen LogP) is 3.69. The van der Waals surface area contributed by atoms with Crippen molar-refractivity contribution in [1.82, 2.24) is 15.0 Å². The Balaban J connectivity index is 2.14. The standard InChI is InChI=1S/C16H13F3N4O/c1-2-24-14-13-12(22-15(20)23-14)7-6-11(21-13)9-4-3-5-10(8-9)16(17,18)19/h3-8H,2H2,1H3,(H2,20,22,23). The lowest BCUT2D eigenvalue weighted by Crippen LogP contribution is -2.05. The number of halogens is 3. The first-order chi connectivity index (χ1) is 11.4. The smallest absolute Gasteiger partial charge is 0.416 e. The number of ether oxygens (including phenoxy) is 1. The van der Waals surface area contributed by atoms with Crippen LogP contribution in [0.5, 0.6) is 5.88 Å². The second-order valence-corrected chi connectivity index (χ2v) is 4.96. The zero-order valence-corrected chi connectivity index (χ0v) is 12.6. The van der Waals surface area contributed by atoms with Crippen molar-refractivity contribution in [2.75, 3.05) is 12.3 Å². The first-order valence-electron chi connectivity index (χ1n) is 7.13. The predicted molar refractivity (Wildman–Crippen MR) is 83.4 cm³/mol. The van der Waals surface area contributed by atoms with E-state index in [0.29, 0.717) is 28.9 Å². The molecule has 3 aromatic rings. The summed E-state index contributed by atoms with van der Waals surface area (Å²) in [4.78, 5) is 12.4. The van der Waals surface area contributed by atoms with Gasteiger partial charge < -0.3 is 10.5 Å². The number of rotatable bonds is 3. The van der Waals surface area contributed by atoms with Gasteiger partial charge in [-0.05, 0) is 31.2 Å². The van der Waals surface area contributed by atoms with Crippen LogP contribution in [0.25, 0.3) is 22.3 Å². The number of fused-ring (bicyclic) bond motifs is 1. The van der Waals surface area contributed by atoms with Crippen molar-refractivity contribution in [3.8, 4) is 17.1 Å². The van der Waals surface area contributed by atoms with E-state index < -0.39 is 11.7 Å². The number of nitrogens with two attached hydrogens (primary N) is 1. The van der Waals surface area contributed by atoms with Crippen LogP contribution < -0.4 is 10.5 Å². The van der Waals surface area contributed by atoms with Crippen molar-refractivity contribution < 1.29 is 17.9 Å². The van der Waals surface area contributed by atoms with E-state index in [2.05, 4.69) is 15.0 Å². The maximum absolute atomic E-state index is 12.9. The van der Waals surface area contributed by atoms with Gasteiger partial charge in [0.15, 0.2) is 5.52 Å². The molecule has 0 aliphatic heterocycles. The second kappa shape index (κ2) is 5.95. The summed E-state index contributed by atoms with van der Waals surface area (Å²) in [6.07, 6.45) is -4.42. The van der Waals surface area contributed by atoms with Crippen molar-refractivity contribution in [1.29, 1.82) is 0 Å². The lowest BCUT2D eigenvalue weighted by molar-refractivity contribution is -0.137. The molecule has 0 atom stereocenters. The fourth-order valence-electron chi connectivity index (χ4n) is 2.26. The van der Waals surface area contributed by atoms with Crippen molar-refractivity contribution in [3.05, 3.63) is 42.0 Å². The Labute approximate surface area is 135 Å². The van der Waals surface area contributed by atoms with Crippen LogP contribution in [0.15, 0.2) is 36.4 Å². The Morgan fingerprint density at radius 1 is 1.08 bits per heavy atom. The van der Waals surface area contributed by atoms with Gasteiger partial charge in [0.25, 0.3) is 0 Å². The third-order valence-corrected chi connectivity index (χ3v) is 3.29. The summed E-state index contributed by atoms with van der Waals surface area (Å²) >= 11 is 0. The molecule has 0 radical (unpaired) electrons. The molecule has 0 aliphatic rings. The summed E-state index contributed by atoms with van der Waals surface area (Å²) in [6, 6.07) is 8.17. The summed E-state index contributed by atoms with van der Waals surface area (Å²) in [7, 11) is 0. The molecule has 0 saturated carbocycles. The molecule has 24 heavy (non-hydrogen) atoms. The average molecular weight is 334 g/mol. The SMILES string of the molecule is CCOc1nc(N)nc2ccc(-c3cccc(C(F)(F)F)c3)nc12. The van der Waals surface area contributed by atoms with Gasteiger partial charge in [-0.15, -0.1) is 0 Å². The molecule has 2 heterocycles. The number of nitrogen functional groups attached to an aromatic ring is 1. The number of anilines is 1. The van der Waals surface area contributed by atoms with E-state index in [1.54, 1.807) is 25.1 Å². The molecule has 0 fully saturated rings. The molecule has 2 N–H and O–H groups in total. The minimum Gasteiger partial charge on any atom is -0.476 e. The van der Waals surface area contributed by atoms with E-state index in [1.807, 2.05) is 0 Å². The number of nitrogens with zero attached hydrogens (tertiary/aromatic N) is 3. The summed E-state index contributed by atoms with van der Waals surface area (Å²) in [6.45, 7) is 2.13. The Hall–Kier alpha value is -2.90. The fourth-order valence-corrected chi connectivity index (χ4v) is 2.26. The molecular formula is C16H13F3N4O. The van der Waals surface area contributed by atoms with Crippen LogP contribution in [0.3, 0.4) is 0 Å². The maximum Gasteiger partial charge on any atom is 0.416 e. The van der Waals surface area contributed by atoms with E-state index in [0.717, 1.165) is 12.1 Å². The largest absolute Gasteiger partial charge is 0.476 e. The molecule has 1 aromatic carbocycles. The number of hydrogen-bond donors (Lipinski definition) is 1. The number of hydrogen-bond acceptors (Lipinski definition) is 5. The number of benzene rings is 1. The Morgan fingerprint density at radius 3 is 2.58 bits per heavy atom. The third-order valence-electron chi connectivity index (χ3n) is 3.29. The number of pyridine rings is 1. The van der Waals surface area contributed by atoms with Crippen LogP contribution in [0.1, 0.15) is 12.5 Å². The van der Waals surface area contributed by atoms with E-state index in [9.17, 15) is 13.2 Å². The van der Waals surface area contributed by atoms with E-state index in [-0.39, 0.29) is 11.8 Å². The van der Waals surface area contributed by atoms with Gasteiger partial charge in [0.05, 0.1) is 23.4 Å². The minimum absolute atomic E-state index is 0.0413. The highest BCUT2D eigenvalue weighted by Crippen LogP contribution is 2.32. The van der Waals surface area contributed by atoms with Gasteiger partial charge in [-0.25, -0.2) is 9.97 Å². The summed E-state index contributed by atoms with van der Waals surface area (Å²) in [5, 5.41) is 0. The molecule has 5 nitrogen and oxygen atoms in total. The molecule has 0 aliphatic carbocycles. The molecule has 2 aromatic heterocycles. The second-order valence-electron chi connectivity index (χ2n) is 4.96. The van der Waals surface area contributed by atoms with Gasteiger partial charge in [-0.2, -0.15) is 18.2 Å². The lowest BCUT2D eigenvalue weighted by atomic mass is 10.1. The molecule has 8 heteroatoms. The third kappa shape index (κ3) is 3.08. The molecule has 0 unspecified atom stereocenters. The van der Waals surface area contributed by atoms with Crippen molar-refractivity contribution in [3.63, 3.8) is 0 Å². The van der Waals surface area contributed by atoms with E-state index >= 15 is 0 Å². The van der Waals surface area contributed by atoms with Crippen LogP contribution in [0.4, 0.5) is 19.1 Å². The van der Waals surface area contributed by atoms with Gasteiger partial charge in [0.1, 0.15) is 0 Å². The van der Waals surface area contributed by atoms with Crippen LogP contribution >= 0.6 is 0 Å². The number of aromatic nitrogens is 3. The molecule has 0 amide bonds. The van der Waals surface area contributed by atoms with Gasteiger partial charge in [-0.3, -0.25) is 0 Å². The van der Waals surface area contributed by atoms with Gasteiger partial charge >= 0.3 is 6.18 Å². The van der Waals surface area contributed by atoms with E-state index in [1.165, 1.54) is 6.07 Å². The molecular weight excluding hydrogens is 321 g/mol. The average Bonchev–Trinajstić information content (AvgIpc) is 2.54. The summed E-state index contributed by atoms with van der Waals surface area (Å²) < 4.78 is 44.0. The lowest BCUT2D eigenvalue weighted by Gasteiger charge is -2.10. The molecule has 0 spiro atoms. The van der Waals surface area contributed by atoms with Crippen LogP contribution in [0, 0.1) is 0 Å². The fraction of sp³-hybridized carbons (Fsp3) is 0.188. The van der Waals surface area contributed by atoms with E-state index in [4.69, 9.17) is 10.5 Å². The molecule has 0 bridgehead atoms. The monoisotopic (exact) mass is 334 g/mol. The minimum atomic E-state index is -4.42. The molecule has 3 rings (SSSR count). The zero-order chi connectivity index (χ0) is 17.3. The van der Waals surface area contributed by atoms with Crippen LogP contribution in [-0.2, 0) is 6.18 Å². The highest BCUT2D eigenvalue weighted by molar-refractivity contribution is 5.83. The topological polar surface area (TPSA) is 73.9 Å². The molecule has 124 valence electrons. The quantitative estimate of drug-likeness (QED) is 0.791.